The third-order valence-corrected chi connectivity index (χ3v) is 2.89. The molecular weight excluding hydrogens is 253 g/mol. The van der Waals surface area contributed by atoms with Crippen molar-refractivity contribution in [2.75, 3.05) is 5.75 Å². The van der Waals surface area contributed by atoms with Gasteiger partial charge in [0, 0.05) is 17.6 Å². The van der Waals surface area contributed by atoms with E-state index < -0.39 is 18.2 Å². The summed E-state index contributed by atoms with van der Waals surface area (Å²) in [7, 11) is 0. The summed E-state index contributed by atoms with van der Waals surface area (Å²) in [5, 5.41) is 0. The van der Waals surface area contributed by atoms with E-state index in [9.17, 15) is 18.0 Å². The molecule has 0 fully saturated rings. The minimum Gasteiger partial charge on any atom is -0.452 e. The van der Waals surface area contributed by atoms with Crippen LogP contribution in [0.25, 0.3) is 0 Å². The average molecular weight is 264 g/mol. The van der Waals surface area contributed by atoms with Crippen molar-refractivity contribution < 1.29 is 22.7 Å². The number of hydrogen-bond acceptors (Lipinski definition) is 3. The third kappa shape index (κ3) is 5.12. The number of halogens is 3. The quantitative estimate of drug-likeness (QED) is 0.616. The molecule has 0 saturated carbocycles. The smallest absolute Gasteiger partial charge is 0.426 e. The van der Waals surface area contributed by atoms with Crippen LogP contribution in [0.2, 0.25) is 0 Å². The van der Waals surface area contributed by atoms with Crippen molar-refractivity contribution >= 4 is 17.7 Å². The van der Waals surface area contributed by atoms with E-state index in [1.54, 1.807) is 30.3 Å². The Morgan fingerprint density at radius 1 is 1.35 bits per heavy atom. The van der Waals surface area contributed by atoms with Crippen LogP contribution in [0.15, 0.2) is 35.2 Å². The van der Waals surface area contributed by atoms with Gasteiger partial charge in [-0.15, -0.1) is 11.8 Å². The van der Waals surface area contributed by atoms with Gasteiger partial charge in [0.1, 0.15) is 0 Å². The number of thioether (sulfide) groups is 1. The lowest BCUT2D eigenvalue weighted by Gasteiger charge is -2.19. The van der Waals surface area contributed by atoms with E-state index in [2.05, 4.69) is 4.74 Å². The molecule has 17 heavy (non-hydrogen) atoms. The lowest BCUT2D eigenvalue weighted by atomic mass is 10.4. The van der Waals surface area contributed by atoms with E-state index in [0.29, 0.717) is 4.90 Å². The molecule has 0 aliphatic rings. The standard InChI is InChI=1S/C11H11F3O2S/c1-8(15)16-10(11(12,13)14)7-17-9-5-3-2-4-6-9/h2-6,10H,7H2,1H3/t10-/m1/s1. The fourth-order valence-electron chi connectivity index (χ4n) is 1.08. The molecule has 0 amide bonds. The molecule has 0 N–H and O–H groups in total. The van der Waals surface area contributed by atoms with Gasteiger partial charge in [0.25, 0.3) is 0 Å². The molecule has 0 aliphatic carbocycles. The van der Waals surface area contributed by atoms with Gasteiger partial charge in [-0.05, 0) is 12.1 Å². The number of carbonyl (C=O) groups excluding carboxylic acids is 1. The van der Waals surface area contributed by atoms with Gasteiger partial charge in [0.2, 0.25) is 6.10 Å². The van der Waals surface area contributed by atoms with Crippen LogP contribution in [0.3, 0.4) is 0 Å². The van der Waals surface area contributed by atoms with E-state index in [0.717, 1.165) is 18.7 Å². The maximum Gasteiger partial charge on any atom is 0.426 e. The van der Waals surface area contributed by atoms with Crippen LogP contribution >= 0.6 is 11.8 Å². The highest BCUT2D eigenvalue weighted by molar-refractivity contribution is 7.99. The summed E-state index contributed by atoms with van der Waals surface area (Å²) in [6.45, 7) is 0.964. The molecule has 94 valence electrons. The van der Waals surface area contributed by atoms with E-state index in [4.69, 9.17) is 0 Å². The Morgan fingerprint density at radius 3 is 2.41 bits per heavy atom. The van der Waals surface area contributed by atoms with Crippen molar-refractivity contribution in [1.29, 1.82) is 0 Å². The average Bonchev–Trinajstić information content (AvgIpc) is 2.23. The molecule has 0 unspecified atom stereocenters. The second kappa shape index (κ2) is 5.95. The molecule has 1 aromatic rings. The Labute approximate surface area is 101 Å². The molecular formula is C11H11F3O2S. The monoisotopic (exact) mass is 264 g/mol. The van der Waals surface area contributed by atoms with Crippen LogP contribution in [0.5, 0.6) is 0 Å². The number of hydrogen-bond donors (Lipinski definition) is 0. The molecule has 1 atom stereocenters. The topological polar surface area (TPSA) is 26.3 Å². The van der Waals surface area contributed by atoms with Crippen LogP contribution < -0.4 is 0 Å². The lowest BCUT2D eigenvalue weighted by molar-refractivity contribution is -0.213. The highest BCUT2D eigenvalue weighted by Gasteiger charge is 2.42. The summed E-state index contributed by atoms with van der Waals surface area (Å²) in [5.41, 5.74) is 0. The lowest BCUT2D eigenvalue weighted by Crippen LogP contribution is -2.35. The molecule has 1 rings (SSSR count). The number of esters is 1. The normalized spacial score (nSPS) is 13.2. The first-order valence-corrected chi connectivity index (χ1v) is 5.80. The molecule has 0 radical (unpaired) electrons. The van der Waals surface area contributed by atoms with Crippen molar-refractivity contribution in [3.05, 3.63) is 30.3 Å². The summed E-state index contributed by atoms with van der Waals surface area (Å²) in [6.07, 6.45) is -6.60. The summed E-state index contributed by atoms with van der Waals surface area (Å²) < 4.78 is 41.7. The largest absolute Gasteiger partial charge is 0.452 e. The second-order valence-corrected chi connectivity index (χ2v) is 4.36. The molecule has 0 heterocycles. The summed E-state index contributed by atoms with van der Waals surface area (Å²) >= 11 is 1.00. The number of rotatable bonds is 4. The Bertz CT molecular complexity index is 365. The summed E-state index contributed by atoms with van der Waals surface area (Å²) in [6, 6.07) is 8.64. The van der Waals surface area contributed by atoms with Crippen LogP contribution in [-0.4, -0.2) is 24.0 Å². The summed E-state index contributed by atoms with van der Waals surface area (Å²) in [5.74, 6) is -1.27. The van der Waals surface area contributed by atoms with Crippen molar-refractivity contribution in [2.45, 2.75) is 24.1 Å². The number of alkyl halides is 3. The van der Waals surface area contributed by atoms with Crippen molar-refractivity contribution in [3.63, 3.8) is 0 Å². The molecule has 0 saturated heterocycles. The summed E-state index contributed by atoms with van der Waals surface area (Å²) in [4.78, 5) is 11.3. The predicted molar refractivity (Wildman–Crippen MR) is 58.8 cm³/mol. The Kier molecular flexibility index (Phi) is 4.86. The highest BCUT2D eigenvalue weighted by Crippen LogP contribution is 2.28. The van der Waals surface area contributed by atoms with Gasteiger partial charge in [-0.2, -0.15) is 13.2 Å². The number of carbonyl (C=O) groups is 1. The molecule has 1 aromatic carbocycles. The fraction of sp³-hybridized carbons (Fsp3) is 0.364. The van der Waals surface area contributed by atoms with Gasteiger partial charge in [0.15, 0.2) is 0 Å². The Hall–Kier alpha value is -1.17. The fourth-order valence-corrected chi connectivity index (χ4v) is 2.03. The van der Waals surface area contributed by atoms with E-state index in [-0.39, 0.29) is 5.75 Å². The minimum absolute atomic E-state index is 0.340. The SMILES string of the molecule is CC(=O)O[C@H](CSc1ccccc1)C(F)(F)F. The van der Waals surface area contributed by atoms with E-state index >= 15 is 0 Å². The zero-order valence-corrected chi connectivity index (χ0v) is 9.85. The van der Waals surface area contributed by atoms with Gasteiger partial charge in [0.05, 0.1) is 0 Å². The van der Waals surface area contributed by atoms with Crippen LogP contribution in [0.1, 0.15) is 6.92 Å². The molecule has 0 aromatic heterocycles. The van der Waals surface area contributed by atoms with Gasteiger partial charge in [-0.25, -0.2) is 0 Å². The molecule has 0 spiro atoms. The molecule has 0 bridgehead atoms. The van der Waals surface area contributed by atoms with Gasteiger partial charge >= 0.3 is 12.1 Å². The Morgan fingerprint density at radius 2 is 1.94 bits per heavy atom. The van der Waals surface area contributed by atoms with Crippen molar-refractivity contribution in [2.24, 2.45) is 0 Å². The van der Waals surface area contributed by atoms with Crippen molar-refractivity contribution in [1.82, 2.24) is 0 Å². The van der Waals surface area contributed by atoms with Crippen LogP contribution in [0.4, 0.5) is 13.2 Å². The first-order valence-electron chi connectivity index (χ1n) is 4.81. The minimum atomic E-state index is -4.53. The first-order chi connectivity index (χ1) is 7.89. The van der Waals surface area contributed by atoms with Gasteiger partial charge in [-0.1, -0.05) is 18.2 Å². The van der Waals surface area contributed by atoms with Crippen LogP contribution in [0, 0.1) is 0 Å². The zero-order valence-electron chi connectivity index (χ0n) is 9.03. The van der Waals surface area contributed by atoms with Gasteiger partial charge < -0.3 is 4.74 Å². The number of ether oxygens (including phenoxy) is 1. The Balaban J connectivity index is 2.59. The second-order valence-electron chi connectivity index (χ2n) is 3.26. The van der Waals surface area contributed by atoms with Crippen LogP contribution in [-0.2, 0) is 9.53 Å². The van der Waals surface area contributed by atoms with Gasteiger partial charge in [-0.3, -0.25) is 4.79 Å². The van der Waals surface area contributed by atoms with E-state index in [1.165, 1.54) is 0 Å². The maximum absolute atomic E-state index is 12.5. The third-order valence-electron chi connectivity index (χ3n) is 1.82. The van der Waals surface area contributed by atoms with Crippen molar-refractivity contribution in [3.8, 4) is 0 Å². The maximum atomic E-state index is 12.5. The number of benzene rings is 1. The van der Waals surface area contributed by atoms with E-state index in [1.807, 2.05) is 0 Å². The predicted octanol–water partition coefficient (Wildman–Crippen LogP) is 3.27. The molecule has 6 heteroatoms. The first kappa shape index (κ1) is 13.9. The molecule has 0 aliphatic heterocycles. The highest BCUT2D eigenvalue weighted by atomic mass is 32.2. The molecule has 2 nitrogen and oxygen atoms in total. The zero-order chi connectivity index (χ0) is 12.9.